The second-order valence-electron chi connectivity index (χ2n) is 6.17. The van der Waals surface area contributed by atoms with E-state index in [-0.39, 0.29) is 24.8 Å². The summed E-state index contributed by atoms with van der Waals surface area (Å²) in [5.41, 5.74) is 1.000. The first-order valence-electron chi connectivity index (χ1n) is 8.70. The Bertz CT molecular complexity index is 879. The zero-order valence-corrected chi connectivity index (χ0v) is 15.9. The fourth-order valence-corrected chi connectivity index (χ4v) is 2.97. The molecule has 0 bridgehead atoms. The Morgan fingerprint density at radius 3 is 2.78 bits per heavy atom. The molecule has 0 N–H and O–H groups in total. The van der Waals surface area contributed by atoms with E-state index in [9.17, 15) is 9.59 Å². The number of carbonyl (C=O) groups is 2. The number of hydrazone groups is 1. The van der Waals surface area contributed by atoms with Gasteiger partial charge in [0, 0.05) is 26.4 Å². The second kappa shape index (κ2) is 8.30. The number of amides is 2. The van der Waals surface area contributed by atoms with Gasteiger partial charge in [-0.2, -0.15) is 5.10 Å². The summed E-state index contributed by atoms with van der Waals surface area (Å²) in [6.07, 6.45) is 1.37. The lowest BCUT2D eigenvalue weighted by molar-refractivity contribution is -0.130. The van der Waals surface area contributed by atoms with Gasteiger partial charge in [-0.05, 0) is 18.6 Å². The third-order valence-corrected chi connectivity index (χ3v) is 4.46. The van der Waals surface area contributed by atoms with Gasteiger partial charge in [-0.15, -0.1) is 10.2 Å². The lowest BCUT2D eigenvalue weighted by Crippen LogP contribution is -2.40. The number of benzene rings is 1. The van der Waals surface area contributed by atoms with E-state index >= 15 is 0 Å². The van der Waals surface area contributed by atoms with Gasteiger partial charge in [-0.25, -0.2) is 5.01 Å². The molecule has 142 valence electrons. The molecule has 3 rings (SSSR count). The monoisotopic (exact) mass is 389 g/mol. The predicted molar refractivity (Wildman–Crippen MR) is 99.9 cm³/mol. The van der Waals surface area contributed by atoms with Crippen LogP contribution in [-0.2, 0) is 16.1 Å². The van der Waals surface area contributed by atoms with E-state index < -0.39 is 0 Å². The van der Waals surface area contributed by atoms with Crippen molar-refractivity contribution < 1.29 is 14.0 Å². The summed E-state index contributed by atoms with van der Waals surface area (Å²) < 4.78 is 5.70. The van der Waals surface area contributed by atoms with Crippen LogP contribution in [0.3, 0.4) is 0 Å². The normalized spacial score (nSPS) is 14.3. The highest BCUT2D eigenvalue weighted by molar-refractivity contribution is 6.39. The van der Waals surface area contributed by atoms with Gasteiger partial charge in [0.15, 0.2) is 0 Å². The zero-order chi connectivity index (χ0) is 19.4. The van der Waals surface area contributed by atoms with Gasteiger partial charge in [0.2, 0.25) is 17.7 Å². The summed E-state index contributed by atoms with van der Waals surface area (Å²) in [6, 6.07) is 7.18. The van der Waals surface area contributed by atoms with E-state index in [2.05, 4.69) is 15.3 Å². The summed E-state index contributed by atoms with van der Waals surface area (Å²) in [4.78, 5) is 26.0. The van der Waals surface area contributed by atoms with E-state index in [1.165, 1.54) is 5.01 Å². The Balaban J connectivity index is 1.77. The van der Waals surface area contributed by atoms with Gasteiger partial charge in [0.1, 0.15) is 5.71 Å². The molecule has 1 aromatic carbocycles. The first-order valence-corrected chi connectivity index (χ1v) is 9.08. The van der Waals surface area contributed by atoms with Crippen LogP contribution in [0.1, 0.15) is 32.1 Å². The molecule has 0 spiro atoms. The van der Waals surface area contributed by atoms with E-state index in [4.69, 9.17) is 16.0 Å². The van der Waals surface area contributed by atoms with Crippen molar-refractivity contribution in [2.45, 2.75) is 32.7 Å². The molecule has 0 aliphatic carbocycles. The van der Waals surface area contributed by atoms with Crippen molar-refractivity contribution in [2.75, 3.05) is 13.6 Å². The second-order valence-corrected chi connectivity index (χ2v) is 6.58. The third-order valence-electron chi connectivity index (χ3n) is 4.13. The molecular formula is C18H20ClN5O3. The fraction of sp³-hybridized carbons (Fsp3) is 0.389. The Hall–Kier alpha value is -2.74. The van der Waals surface area contributed by atoms with Crippen LogP contribution in [-0.4, -0.2) is 51.2 Å². The number of hydrogen-bond donors (Lipinski definition) is 0. The number of aromatic nitrogens is 2. The van der Waals surface area contributed by atoms with Gasteiger partial charge in [-0.3, -0.25) is 9.59 Å². The maximum atomic E-state index is 12.8. The van der Waals surface area contributed by atoms with Crippen LogP contribution in [0.4, 0.5) is 0 Å². The average molecular weight is 390 g/mol. The molecule has 2 amide bonds. The lowest BCUT2D eigenvalue weighted by Gasteiger charge is -2.24. The van der Waals surface area contributed by atoms with Crippen LogP contribution in [0.2, 0.25) is 5.02 Å². The largest absolute Gasteiger partial charge is 0.419 e. The first-order chi connectivity index (χ1) is 13.0. The quantitative estimate of drug-likeness (QED) is 0.757. The minimum atomic E-state index is -0.228. The highest BCUT2D eigenvalue weighted by Gasteiger charge is 2.27. The number of rotatable bonds is 6. The lowest BCUT2D eigenvalue weighted by atomic mass is 10.1. The number of halogens is 1. The smallest absolute Gasteiger partial charge is 0.270 e. The van der Waals surface area contributed by atoms with Gasteiger partial charge < -0.3 is 9.32 Å². The molecule has 9 heteroatoms. The minimum absolute atomic E-state index is 0.102. The van der Waals surface area contributed by atoms with Crippen molar-refractivity contribution in [1.82, 2.24) is 20.1 Å². The number of carbonyl (C=O) groups excluding carboxylic acids is 2. The van der Waals surface area contributed by atoms with E-state index in [0.717, 1.165) is 6.42 Å². The highest BCUT2D eigenvalue weighted by atomic mass is 35.5. The SMILES string of the molecule is CCCN(Cc1nnc(-c2ccccc2Cl)o1)C(=O)C1=NN(C)C(=O)CC1. The van der Waals surface area contributed by atoms with Crippen LogP contribution in [0, 0.1) is 0 Å². The standard InChI is InChI=1S/C18H20ClN5O3/c1-3-10-24(18(26)14-8-9-16(25)23(2)22-14)11-15-20-21-17(27-15)12-6-4-5-7-13(12)19/h4-7H,3,8-11H2,1-2H3. The topological polar surface area (TPSA) is 91.9 Å². The molecule has 8 nitrogen and oxygen atoms in total. The minimum Gasteiger partial charge on any atom is -0.419 e. The molecule has 1 aliphatic heterocycles. The van der Waals surface area contributed by atoms with Gasteiger partial charge in [0.05, 0.1) is 17.1 Å². The van der Waals surface area contributed by atoms with Crippen molar-refractivity contribution in [2.24, 2.45) is 5.10 Å². The summed E-state index contributed by atoms with van der Waals surface area (Å²) in [7, 11) is 1.55. The Labute approximate surface area is 161 Å². The molecule has 0 atom stereocenters. The number of nitrogens with zero attached hydrogens (tertiary/aromatic N) is 5. The molecule has 0 radical (unpaired) electrons. The summed E-state index contributed by atoms with van der Waals surface area (Å²) in [5.74, 6) is 0.288. The Kier molecular flexibility index (Phi) is 5.85. The zero-order valence-electron chi connectivity index (χ0n) is 15.2. The number of hydrogen-bond acceptors (Lipinski definition) is 6. The molecule has 0 unspecified atom stereocenters. The molecule has 0 saturated carbocycles. The molecule has 27 heavy (non-hydrogen) atoms. The van der Waals surface area contributed by atoms with Crippen LogP contribution >= 0.6 is 11.6 Å². The predicted octanol–water partition coefficient (Wildman–Crippen LogP) is 2.74. The van der Waals surface area contributed by atoms with Crippen LogP contribution < -0.4 is 0 Å². The van der Waals surface area contributed by atoms with Crippen LogP contribution in [0.25, 0.3) is 11.5 Å². The van der Waals surface area contributed by atoms with Crippen LogP contribution in [0.15, 0.2) is 33.8 Å². The highest BCUT2D eigenvalue weighted by Crippen LogP contribution is 2.26. The Morgan fingerprint density at radius 1 is 1.30 bits per heavy atom. The van der Waals surface area contributed by atoms with Crippen molar-refractivity contribution >= 4 is 29.1 Å². The van der Waals surface area contributed by atoms with Gasteiger partial charge in [-0.1, -0.05) is 30.7 Å². The summed E-state index contributed by atoms with van der Waals surface area (Å²) in [5, 5.41) is 13.9. The summed E-state index contributed by atoms with van der Waals surface area (Å²) in [6.45, 7) is 2.65. The fourth-order valence-electron chi connectivity index (χ4n) is 2.75. The molecule has 1 aromatic heterocycles. The maximum Gasteiger partial charge on any atom is 0.270 e. The van der Waals surface area contributed by atoms with Gasteiger partial charge in [0.25, 0.3) is 5.91 Å². The third kappa shape index (κ3) is 4.33. The van der Waals surface area contributed by atoms with Crippen molar-refractivity contribution in [3.05, 3.63) is 35.2 Å². The molecule has 2 heterocycles. The van der Waals surface area contributed by atoms with Crippen molar-refractivity contribution in [1.29, 1.82) is 0 Å². The molecule has 2 aromatic rings. The Morgan fingerprint density at radius 2 is 2.07 bits per heavy atom. The van der Waals surface area contributed by atoms with E-state index in [1.807, 2.05) is 19.1 Å². The maximum absolute atomic E-state index is 12.8. The molecule has 0 saturated heterocycles. The van der Waals surface area contributed by atoms with Crippen molar-refractivity contribution in [3.8, 4) is 11.5 Å². The molecule has 0 fully saturated rings. The van der Waals surface area contributed by atoms with E-state index in [0.29, 0.717) is 41.0 Å². The summed E-state index contributed by atoms with van der Waals surface area (Å²) >= 11 is 6.16. The van der Waals surface area contributed by atoms with Gasteiger partial charge >= 0.3 is 0 Å². The average Bonchev–Trinajstić information content (AvgIpc) is 3.12. The molecule has 1 aliphatic rings. The molecular weight excluding hydrogens is 370 g/mol. The van der Waals surface area contributed by atoms with Crippen LogP contribution in [0.5, 0.6) is 0 Å². The van der Waals surface area contributed by atoms with Crippen molar-refractivity contribution in [3.63, 3.8) is 0 Å². The van der Waals surface area contributed by atoms with E-state index in [1.54, 1.807) is 24.1 Å². The first kappa shape index (κ1) is 19.0.